The van der Waals surface area contributed by atoms with E-state index in [1.54, 1.807) is 12.1 Å². The molecule has 0 radical (unpaired) electrons. The second-order valence-corrected chi connectivity index (χ2v) is 8.35. The third-order valence-corrected chi connectivity index (χ3v) is 5.06. The number of carbonyl (C=O) groups is 1. The summed E-state index contributed by atoms with van der Waals surface area (Å²) >= 11 is 0. The Balaban J connectivity index is 1.93. The Kier molecular flexibility index (Phi) is 4.65. The number of amides is 1. The molecule has 1 aromatic carbocycles. The van der Waals surface area contributed by atoms with Crippen molar-refractivity contribution in [3.05, 3.63) is 40.7 Å². The third kappa shape index (κ3) is 3.73. The highest BCUT2D eigenvalue weighted by molar-refractivity contribution is 5.77. The zero-order chi connectivity index (χ0) is 18.4. The van der Waals surface area contributed by atoms with Gasteiger partial charge in [0.15, 0.2) is 0 Å². The molecule has 0 N–H and O–H groups in total. The lowest BCUT2D eigenvalue weighted by Gasteiger charge is -2.45. The molecule has 1 fully saturated rings. The van der Waals surface area contributed by atoms with Crippen molar-refractivity contribution in [2.45, 2.75) is 78.0 Å². The molecule has 2 heterocycles. The summed E-state index contributed by atoms with van der Waals surface area (Å²) in [6.07, 6.45) is 5.87. The summed E-state index contributed by atoms with van der Waals surface area (Å²) in [7, 11) is 0. The number of aryl methyl sites for hydroxylation is 2. The number of ether oxygens (including phenoxy) is 1. The van der Waals surface area contributed by atoms with Crippen molar-refractivity contribution in [3.8, 4) is 0 Å². The zero-order valence-corrected chi connectivity index (χ0v) is 15.9. The van der Waals surface area contributed by atoms with Crippen LogP contribution in [0.3, 0.4) is 0 Å². The lowest BCUT2D eigenvalue weighted by atomic mass is 9.81. The van der Waals surface area contributed by atoms with Gasteiger partial charge < -0.3 is 4.74 Å². The molecule has 2 aliphatic rings. The summed E-state index contributed by atoms with van der Waals surface area (Å²) < 4.78 is 19.3. The molecule has 1 amide bonds. The van der Waals surface area contributed by atoms with Crippen LogP contribution in [0.1, 0.15) is 63.1 Å². The molecule has 2 aliphatic heterocycles. The highest BCUT2D eigenvalue weighted by atomic mass is 19.1. The SMILES string of the molecule is Cc1cc(F)cc(C)c1C1=CC2CCCC(C1)N2C(=O)OC(C)(C)C. The zero-order valence-electron chi connectivity index (χ0n) is 15.9. The van der Waals surface area contributed by atoms with Gasteiger partial charge >= 0.3 is 6.09 Å². The number of halogens is 1. The van der Waals surface area contributed by atoms with E-state index in [1.807, 2.05) is 39.5 Å². The molecule has 2 unspecified atom stereocenters. The minimum atomic E-state index is -0.487. The third-order valence-electron chi connectivity index (χ3n) is 5.06. The predicted molar refractivity (Wildman–Crippen MR) is 98.0 cm³/mol. The highest BCUT2D eigenvalue weighted by Gasteiger charge is 2.39. The smallest absolute Gasteiger partial charge is 0.411 e. The quantitative estimate of drug-likeness (QED) is 0.683. The first-order valence-electron chi connectivity index (χ1n) is 9.15. The van der Waals surface area contributed by atoms with Crippen LogP contribution < -0.4 is 0 Å². The summed E-state index contributed by atoms with van der Waals surface area (Å²) in [5, 5.41) is 0. The first-order valence-corrected chi connectivity index (χ1v) is 9.15. The van der Waals surface area contributed by atoms with E-state index in [-0.39, 0.29) is 24.0 Å². The molecular formula is C21H28FNO2. The van der Waals surface area contributed by atoms with Gasteiger partial charge in [0.1, 0.15) is 11.4 Å². The normalized spacial score (nSPS) is 23.3. The van der Waals surface area contributed by atoms with E-state index in [2.05, 4.69) is 6.08 Å². The van der Waals surface area contributed by atoms with Crippen molar-refractivity contribution < 1.29 is 13.9 Å². The molecular weight excluding hydrogens is 317 g/mol. The van der Waals surface area contributed by atoms with Crippen LogP contribution in [0.15, 0.2) is 18.2 Å². The van der Waals surface area contributed by atoms with E-state index >= 15 is 0 Å². The van der Waals surface area contributed by atoms with Gasteiger partial charge in [-0.25, -0.2) is 9.18 Å². The Labute approximate surface area is 149 Å². The van der Waals surface area contributed by atoms with Gasteiger partial charge in [0, 0.05) is 6.04 Å². The first-order chi connectivity index (χ1) is 11.7. The standard InChI is InChI=1S/C21H28FNO2/c1-13-9-16(22)10-14(2)19(13)15-11-17-7-6-8-18(12-15)23(17)20(24)25-21(3,4)5/h9-11,17-18H,6-8,12H2,1-5H3. The Bertz CT molecular complexity index is 694. The summed E-state index contributed by atoms with van der Waals surface area (Å²) in [5.41, 5.74) is 3.83. The molecule has 4 heteroatoms. The molecule has 1 aromatic rings. The van der Waals surface area contributed by atoms with Crippen molar-refractivity contribution in [2.24, 2.45) is 0 Å². The first kappa shape index (κ1) is 18.0. The lowest BCUT2D eigenvalue weighted by Crippen LogP contribution is -2.53. The summed E-state index contributed by atoms with van der Waals surface area (Å²) in [4.78, 5) is 14.6. The number of piperidine rings is 1. The number of carbonyl (C=O) groups excluding carboxylic acids is 1. The van der Waals surface area contributed by atoms with E-state index < -0.39 is 5.60 Å². The average Bonchev–Trinajstić information content (AvgIpc) is 2.43. The van der Waals surface area contributed by atoms with Crippen LogP contribution in [-0.2, 0) is 4.74 Å². The van der Waals surface area contributed by atoms with Gasteiger partial charge in [0.2, 0.25) is 0 Å². The molecule has 3 rings (SSSR count). The molecule has 136 valence electrons. The fourth-order valence-corrected chi connectivity index (χ4v) is 4.23. The van der Waals surface area contributed by atoms with Crippen molar-refractivity contribution in [1.82, 2.24) is 4.90 Å². The van der Waals surface area contributed by atoms with Crippen LogP contribution in [0.4, 0.5) is 9.18 Å². The second kappa shape index (κ2) is 6.47. The largest absolute Gasteiger partial charge is 0.444 e. The van der Waals surface area contributed by atoms with E-state index in [9.17, 15) is 9.18 Å². The molecule has 0 aliphatic carbocycles. The fourth-order valence-electron chi connectivity index (χ4n) is 4.23. The number of nitrogens with zero attached hydrogens (tertiary/aromatic N) is 1. The van der Waals surface area contributed by atoms with Crippen LogP contribution in [0.5, 0.6) is 0 Å². The maximum absolute atomic E-state index is 13.6. The second-order valence-electron chi connectivity index (χ2n) is 8.35. The Morgan fingerprint density at radius 2 is 1.84 bits per heavy atom. The molecule has 3 nitrogen and oxygen atoms in total. The van der Waals surface area contributed by atoms with Gasteiger partial charge in [-0.1, -0.05) is 6.08 Å². The lowest BCUT2D eigenvalue weighted by molar-refractivity contribution is 0.0000857. The molecule has 0 saturated carbocycles. The van der Waals surface area contributed by atoms with E-state index in [1.165, 1.54) is 5.57 Å². The summed E-state index contributed by atoms with van der Waals surface area (Å²) in [6.45, 7) is 9.62. The van der Waals surface area contributed by atoms with Crippen LogP contribution >= 0.6 is 0 Å². The minimum absolute atomic E-state index is 0.0706. The summed E-state index contributed by atoms with van der Waals surface area (Å²) in [5.74, 6) is -0.189. The molecule has 2 atom stereocenters. The van der Waals surface area contributed by atoms with Crippen molar-refractivity contribution in [2.75, 3.05) is 0 Å². The average molecular weight is 345 g/mol. The number of fused-ring (bicyclic) bond motifs is 2. The van der Waals surface area contributed by atoms with Gasteiger partial charge in [-0.05, 0) is 94.7 Å². The molecule has 0 spiro atoms. The van der Waals surface area contributed by atoms with E-state index in [0.717, 1.165) is 42.4 Å². The van der Waals surface area contributed by atoms with Gasteiger partial charge in [0.05, 0.1) is 6.04 Å². The minimum Gasteiger partial charge on any atom is -0.444 e. The van der Waals surface area contributed by atoms with Crippen LogP contribution in [0.2, 0.25) is 0 Å². The monoisotopic (exact) mass is 345 g/mol. The van der Waals surface area contributed by atoms with Gasteiger partial charge in [-0.3, -0.25) is 4.90 Å². The van der Waals surface area contributed by atoms with Gasteiger partial charge in [0.25, 0.3) is 0 Å². The van der Waals surface area contributed by atoms with Crippen molar-refractivity contribution in [1.29, 1.82) is 0 Å². The fraction of sp³-hybridized carbons (Fsp3) is 0.571. The topological polar surface area (TPSA) is 29.5 Å². The van der Waals surface area contributed by atoms with E-state index in [4.69, 9.17) is 4.74 Å². The Hall–Kier alpha value is -1.84. The molecule has 2 bridgehead atoms. The van der Waals surface area contributed by atoms with Crippen LogP contribution in [-0.4, -0.2) is 28.7 Å². The maximum atomic E-state index is 13.6. The van der Waals surface area contributed by atoms with Crippen LogP contribution in [0, 0.1) is 19.7 Å². The molecule has 0 aromatic heterocycles. The van der Waals surface area contributed by atoms with Gasteiger partial charge in [-0.15, -0.1) is 0 Å². The molecule has 1 saturated heterocycles. The molecule has 25 heavy (non-hydrogen) atoms. The maximum Gasteiger partial charge on any atom is 0.411 e. The number of rotatable bonds is 1. The van der Waals surface area contributed by atoms with Gasteiger partial charge in [-0.2, -0.15) is 0 Å². The number of hydrogen-bond acceptors (Lipinski definition) is 2. The number of benzene rings is 1. The Morgan fingerprint density at radius 3 is 2.40 bits per heavy atom. The summed E-state index contributed by atoms with van der Waals surface area (Å²) in [6, 6.07) is 3.43. The Morgan fingerprint density at radius 1 is 1.20 bits per heavy atom. The van der Waals surface area contributed by atoms with Crippen molar-refractivity contribution >= 4 is 11.7 Å². The van der Waals surface area contributed by atoms with E-state index in [0.29, 0.717) is 0 Å². The van der Waals surface area contributed by atoms with Crippen molar-refractivity contribution in [3.63, 3.8) is 0 Å². The predicted octanol–water partition coefficient (Wildman–Crippen LogP) is 5.39. The highest BCUT2D eigenvalue weighted by Crippen LogP contribution is 2.39. The van der Waals surface area contributed by atoms with Crippen LogP contribution in [0.25, 0.3) is 5.57 Å². The number of hydrogen-bond donors (Lipinski definition) is 0.